The molecule has 35 heavy (non-hydrogen) atoms. The van der Waals surface area contributed by atoms with Crippen LogP contribution in [0, 0.1) is 0 Å². The number of fused-ring (bicyclic) bond motifs is 3. The largest absolute Gasteiger partial charge is 0.480 e. The molecule has 0 unspecified atom stereocenters. The first-order chi connectivity index (χ1) is 17.0. The summed E-state index contributed by atoms with van der Waals surface area (Å²) in [6, 6.07) is 15.5. The summed E-state index contributed by atoms with van der Waals surface area (Å²) < 4.78 is 5.54. The van der Waals surface area contributed by atoms with Crippen LogP contribution in [0.4, 0.5) is 4.79 Å². The van der Waals surface area contributed by atoms with E-state index in [0.717, 1.165) is 11.1 Å². The number of nitrogens with one attached hydrogen (secondary N) is 1. The number of carbonyl (C=O) groups excluding carboxylic acids is 2. The Bertz CT molecular complexity index is 1230. The maximum absolute atomic E-state index is 12.6. The van der Waals surface area contributed by atoms with E-state index < -0.39 is 18.1 Å². The Labute approximate surface area is 210 Å². The maximum atomic E-state index is 12.6. The molecular formula is C25H23N3O5S2. The summed E-state index contributed by atoms with van der Waals surface area (Å²) in [5, 5.41) is 14.4. The van der Waals surface area contributed by atoms with Crippen LogP contribution < -0.4 is 5.32 Å². The average molecular weight is 510 g/mol. The average Bonchev–Trinajstić information content (AvgIpc) is 3.60. The van der Waals surface area contributed by atoms with Gasteiger partial charge in [0.2, 0.25) is 0 Å². The number of carboxylic acid groups (broad SMARTS) is 1. The molecule has 2 heterocycles. The van der Waals surface area contributed by atoms with Gasteiger partial charge in [-0.2, -0.15) is 0 Å². The molecule has 0 bridgehead atoms. The molecule has 10 heteroatoms. The molecule has 0 radical (unpaired) electrons. The van der Waals surface area contributed by atoms with Gasteiger partial charge in [0.25, 0.3) is 5.91 Å². The summed E-state index contributed by atoms with van der Waals surface area (Å²) in [5.41, 5.74) is 4.90. The Balaban J connectivity index is 1.12. The number of aromatic nitrogens is 1. The van der Waals surface area contributed by atoms with Gasteiger partial charge in [0.1, 0.15) is 18.3 Å². The van der Waals surface area contributed by atoms with Crippen LogP contribution in [0.3, 0.4) is 0 Å². The van der Waals surface area contributed by atoms with E-state index >= 15 is 0 Å². The summed E-state index contributed by atoms with van der Waals surface area (Å²) in [5.74, 6) is -0.673. The lowest BCUT2D eigenvalue weighted by Gasteiger charge is -2.19. The number of amides is 2. The molecule has 1 fully saturated rings. The van der Waals surface area contributed by atoms with E-state index in [1.54, 1.807) is 5.38 Å². The lowest BCUT2D eigenvalue weighted by molar-refractivity contribution is -0.140. The molecular weight excluding hydrogens is 486 g/mol. The van der Waals surface area contributed by atoms with Crippen molar-refractivity contribution in [3.05, 3.63) is 75.7 Å². The van der Waals surface area contributed by atoms with Crippen molar-refractivity contribution < 1.29 is 24.2 Å². The van der Waals surface area contributed by atoms with E-state index in [4.69, 9.17) is 4.74 Å². The van der Waals surface area contributed by atoms with Crippen molar-refractivity contribution in [2.75, 3.05) is 24.8 Å². The van der Waals surface area contributed by atoms with Crippen molar-refractivity contribution in [2.45, 2.75) is 18.4 Å². The summed E-state index contributed by atoms with van der Waals surface area (Å²) in [7, 11) is 0. The Morgan fingerprint density at radius 1 is 1.09 bits per heavy atom. The molecule has 1 saturated heterocycles. The molecule has 1 aliphatic carbocycles. The van der Waals surface area contributed by atoms with Crippen LogP contribution in [0.5, 0.6) is 0 Å². The van der Waals surface area contributed by atoms with Crippen LogP contribution in [0.1, 0.15) is 32.5 Å². The van der Waals surface area contributed by atoms with Gasteiger partial charge in [-0.3, -0.25) is 4.79 Å². The number of nitrogens with zero attached hydrogens (tertiary/aromatic N) is 2. The van der Waals surface area contributed by atoms with Gasteiger partial charge in [0, 0.05) is 30.0 Å². The third-order valence-electron chi connectivity index (χ3n) is 6.15. The van der Waals surface area contributed by atoms with Crippen LogP contribution in [-0.4, -0.2) is 63.8 Å². The zero-order chi connectivity index (χ0) is 24.4. The highest BCUT2D eigenvalue weighted by atomic mass is 32.2. The SMILES string of the molecule is O=C(NCCc1nc(C(=O)N2CSC[C@H]2C(=O)O)cs1)OCC1c2ccccc2-c2ccccc21. The number of benzene rings is 2. The van der Waals surface area contributed by atoms with Gasteiger partial charge >= 0.3 is 12.1 Å². The highest BCUT2D eigenvalue weighted by Crippen LogP contribution is 2.44. The third-order valence-corrected chi connectivity index (χ3v) is 8.07. The lowest BCUT2D eigenvalue weighted by atomic mass is 9.98. The van der Waals surface area contributed by atoms with Gasteiger partial charge in [-0.25, -0.2) is 14.6 Å². The van der Waals surface area contributed by atoms with Gasteiger partial charge in [-0.15, -0.1) is 23.1 Å². The zero-order valence-corrected chi connectivity index (χ0v) is 20.3. The highest BCUT2D eigenvalue weighted by Gasteiger charge is 2.36. The summed E-state index contributed by atoms with van der Waals surface area (Å²) in [4.78, 5) is 42.0. The predicted octanol–water partition coefficient (Wildman–Crippen LogP) is 3.82. The molecule has 5 rings (SSSR count). The summed E-state index contributed by atoms with van der Waals surface area (Å²) in [6.45, 7) is 0.559. The molecule has 180 valence electrons. The second-order valence-electron chi connectivity index (χ2n) is 8.26. The standard InChI is InChI=1S/C25H23N3O5S2/c29-23(28-14-34-13-21(28)24(30)31)20-12-35-22(27-20)9-10-26-25(32)33-11-19-17-7-3-1-5-15(17)16-6-2-4-8-18(16)19/h1-8,12,19,21H,9-11,13-14H2,(H,26,32)(H,30,31)/t21-/m0/s1. The van der Waals surface area contributed by atoms with Gasteiger partial charge in [0.05, 0.1) is 10.9 Å². The summed E-state index contributed by atoms with van der Waals surface area (Å²) in [6.07, 6.45) is -0.0580. The van der Waals surface area contributed by atoms with E-state index in [-0.39, 0.29) is 24.1 Å². The maximum Gasteiger partial charge on any atom is 0.407 e. The monoisotopic (exact) mass is 509 g/mol. The van der Waals surface area contributed by atoms with E-state index in [2.05, 4.69) is 34.6 Å². The number of thioether (sulfide) groups is 1. The molecule has 0 spiro atoms. The molecule has 0 saturated carbocycles. The van der Waals surface area contributed by atoms with E-state index in [1.807, 2.05) is 24.3 Å². The molecule has 2 N–H and O–H groups in total. The molecule has 1 aliphatic heterocycles. The van der Waals surface area contributed by atoms with Crippen LogP contribution in [0.15, 0.2) is 53.9 Å². The van der Waals surface area contributed by atoms with Crippen LogP contribution in [0.2, 0.25) is 0 Å². The van der Waals surface area contributed by atoms with Crippen molar-refractivity contribution in [3.8, 4) is 11.1 Å². The van der Waals surface area contributed by atoms with Crippen LogP contribution >= 0.6 is 23.1 Å². The number of ether oxygens (including phenoxy) is 1. The van der Waals surface area contributed by atoms with Crippen molar-refractivity contribution in [2.24, 2.45) is 0 Å². The fraction of sp³-hybridized carbons (Fsp3) is 0.280. The van der Waals surface area contributed by atoms with E-state index in [1.165, 1.54) is 39.1 Å². The van der Waals surface area contributed by atoms with Crippen LogP contribution in [0.25, 0.3) is 11.1 Å². The summed E-state index contributed by atoms with van der Waals surface area (Å²) >= 11 is 2.72. The Hall–Kier alpha value is -3.37. The highest BCUT2D eigenvalue weighted by molar-refractivity contribution is 7.99. The van der Waals surface area contributed by atoms with Crippen LogP contribution in [-0.2, 0) is 16.0 Å². The number of rotatable bonds is 7. The smallest absolute Gasteiger partial charge is 0.407 e. The van der Waals surface area contributed by atoms with E-state index in [9.17, 15) is 19.5 Å². The number of aliphatic carboxylic acids is 1. The van der Waals surface area contributed by atoms with Crippen molar-refractivity contribution >= 4 is 41.1 Å². The number of carbonyl (C=O) groups is 3. The van der Waals surface area contributed by atoms with Gasteiger partial charge in [0.15, 0.2) is 0 Å². The Morgan fingerprint density at radius 3 is 2.46 bits per heavy atom. The first kappa shape index (κ1) is 23.4. The van der Waals surface area contributed by atoms with Gasteiger partial charge in [-0.05, 0) is 22.3 Å². The molecule has 3 aromatic rings. The first-order valence-corrected chi connectivity index (χ1v) is 13.2. The minimum atomic E-state index is -1.01. The number of alkyl carbamates (subject to hydrolysis) is 1. The molecule has 8 nitrogen and oxygen atoms in total. The van der Waals surface area contributed by atoms with Crippen molar-refractivity contribution in [1.82, 2.24) is 15.2 Å². The lowest BCUT2D eigenvalue weighted by Crippen LogP contribution is -2.41. The normalized spacial score (nSPS) is 16.6. The Morgan fingerprint density at radius 2 is 1.77 bits per heavy atom. The topological polar surface area (TPSA) is 109 Å². The number of hydrogen-bond acceptors (Lipinski definition) is 7. The molecule has 2 amide bonds. The second kappa shape index (κ2) is 10.1. The molecule has 1 aromatic heterocycles. The molecule has 1 atom stereocenters. The quantitative estimate of drug-likeness (QED) is 0.498. The third kappa shape index (κ3) is 4.76. The first-order valence-electron chi connectivity index (χ1n) is 11.2. The fourth-order valence-electron chi connectivity index (χ4n) is 4.44. The minimum absolute atomic E-state index is 0.000868. The second-order valence-corrected chi connectivity index (χ2v) is 10.2. The number of carboxylic acids is 1. The fourth-order valence-corrected chi connectivity index (χ4v) is 6.36. The molecule has 2 aliphatic rings. The minimum Gasteiger partial charge on any atom is -0.480 e. The predicted molar refractivity (Wildman–Crippen MR) is 134 cm³/mol. The Kier molecular flexibility index (Phi) is 6.74. The van der Waals surface area contributed by atoms with Gasteiger partial charge < -0.3 is 20.1 Å². The molecule has 2 aromatic carbocycles. The van der Waals surface area contributed by atoms with Gasteiger partial charge in [-0.1, -0.05) is 48.5 Å². The van der Waals surface area contributed by atoms with Crippen molar-refractivity contribution in [3.63, 3.8) is 0 Å². The zero-order valence-electron chi connectivity index (χ0n) is 18.7. The number of hydrogen-bond donors (Lipinski definition) is 2. The number of thiazole rings is 1. The van der Waals surface area contributed by atoms with Crippen molar-refractivity contribution in [1.29, 1.82) is 0 Å². The van der Waals surface area contributed by atoms with E-state index in [0.29, 0.717) is 29.6 Å².